The number of carbonyl (C=O) groups is 2. The van der Waals surface area contributed by atoms with Crippen molar-refractivity contribution in [2.45, 2.75) is 33.4 Å². The van der Waals surface area contributed by atoms with Gasteiger partial charge in [0, 0.05) is 20.0 Å². The summed E-state index contributed by atoms with van der Waals surface area (Å²) in [5, 5.41) is 2.97. The van der Waals surface area contributed by atoms with Crippen molar-refractivity contribution in [1.82, 2.24) is 10.2 Å². The van der Waals surface area contributed by atoms with E-state index in [9.17, 15) is 9.59 Å². The molecule has 2 aromatic rings. The predicted octanol–water partition coefficient (Wildman–Crippen LogP) is 3.55. The zero-order valence-corrected chi connectivity index (χ0v) is 15.1. The van der Waals surface area contributed by atoms with Crippen molar-refractivity contribution in [2.24, 2.45) is 5.92 Å². The van der Waals surface area contributed by atoms with Gasteiger partial charge in [-0.15, -0.1) is 0 Å². The first-order valence-corrected chi connectivity index (χ1v) is 8.63. The minimum absolute atomic E-state index is 0.127. The molecule has 132 valence electrons. The Labute approximate surface area is 149 Å². The predicted molar refractivity (Wildman–Crippen MR) is 99.7 cm³/mol. The van der Waals surface area contributed by atoms with Crippen LogP contribution in [-0.2, 0) is 16.1 Å². The minimum atomic E-state index is -0.641. The average Bonchev–Trinajstić information content (AvgIpc) is 2.61. The Bertz CT molecular complexity index is 684. The van der Waals surface area contributed by atoms with Crippen molar-refractivity contribution in [3.63, 3.8) is 0 Å². The molecular formula is C21H26N2O2. The molecule has 4 nitrogen and oxygen atoms in total. The summed E-state index contributed by atoms with van der Waals surface area (Å²) in [5.74, 6) is 0.0729. The van der Waals surface area contributed by atoms with Crippen LogP contribution < -0.4 is 5.32 Å². The molecule has 2 amide bonds. The van der Waals surface area contributed by atoms with E-state index in [1.165, 1.54) is 6.92 Å². The standard InChI is InChI=1S/C21H26N2O2/c1-16(2)14-22-21(25)20(19-12-8-5-9-13-19)23(17(3)24)15-18-10-6-4-7-11-18/h4-13,16,20H,14-15H2,1-3H3,(H,22,25). The van der Waals surface area contributed by atoms with Gasteiger partial charge in [0.25, 0.3) is 0 Å². The quantitative estimate of drug-likeness (QED) is 0.839. The summed E-state index contributed by atoms with van der Waals surface area (Å²) < 4.78 is 0. The second kappa shape index (κ2) is 9.02. The number of benzene rings is 2. The van der Waals surface area contributed by atoms with E-state index in [0.717, 1.165) is 11.1 Å². The van der Waals surface area contributed by atoms with Gasteiger partial charge < -0.3 is 10.2 Å². The number of carbonyl (C=O) groups excluding carboxylic acids is 2. The fraction of sp³-hybridized carbons (Fsp3) is 0.333. The Morgan fingerprint density at radius 2 is 1.52 bits per heavy atom. The molecule has 0 saturated carbocycles. The highest BCUT2D eigenvalue weighted by Crippen LogP contribution is 2.23. The minimum Gasteiger partial charge on any atom is -0.354 e. The molecule has 1 atom stereocenters. The van der Waals surface area contributed by atoms with Crippen LogP contribution in [0.4, 0.5) is 0 Å². The molecule has 25 heavy (non-hydrogen) atoms. The molecule has 0 spiro atoms. The third-order valence-electron chi connectivity index (χ3n) is 3.96. The van der Waals surface area contributed by atoms with E-state index in [0.29, 0.717) is 19.0 Å². The Morgan fingerprint density at radius 3 is 2.04 bits per heavy atom. The monoisotopic (exact) mass is 338 g/mol. The summed E-state index contributed by atoms with van der Waals surface area (Å²) in [5.41, 5.74) is 1.81. The van der Waals surface area contributed by atoms with E-state index in [-0.39, 0.29) is 11.8 Å². The van der Waals surface area contributed by atoms with Crippen LogP contribution in [0, 0.1) is 5.92 Å². The maximum atomic E-state index is 12.9. The first-order chi connectivity index (χ1) is 12.0. The lowest BCUT2D eigenvalue weighted by atomic mass is 10.0. The van der Waals surface area contributed by atoms with Crippen LogP contribution in [0.2, 0.25) is 0 Å². The summed E-state index contributed by atoms with van der Waals surface area (Å²) in [4.78, 5) is 26.9. The summed E-state index contributed by atoms with van der Waals surface area (Å²) in [6.07, 6.45) is 0. The zero-order chi connectivity index (χ0) is 18.2. The van der Waals surface area contributed by atoms with Gasteiger partial charge in [-0.2, -0.15) is 0 Å². The molecule has 0 bridgehead atoms. The van der Waals surface area contributed by atoms with Crippen molar-refractivity contribution >= 4 is 11.8 Å². The molecule has 2 rings (SSSR count). The molecule has 1 unspecified atom stereocenters. The molecule has 0 aliphatic heterocycles. The van der Waals surface area contributed by atoms with Crippen molar-refractivity contribution in [3.8, 4) is 0 Å². The first-order valence-electron chi connectivity index (χ1n) is 8.63. The lowest BCUT2D eigenvalue weighted by Crippen LogP contribution is -2.43. The number of nitrogens with one attached hydrogen (secondary N) is 1. The molecule has 0 heterocycles. The van der Waals surface area contributed by atoms with Gasteiger partial charge in [0.1, 0.15) is 6.04 Å². The fourth-order valence-electron chi connectivity index (χ4n) is 2.67. The number of nitrogens with zero attached hydrogens (tertiary/aromatic N) is 1. The molecule has 0 radical (unpaired) electrons. The van der Waals surface area contributed by atoms with E-state index < -0.39 is 6.04 Å². The molecular weight excluding hydrogens is 312 g/mol. The molecule has 2 aromatic carbocycles. The summed E-state index contributed by atoms with van der Waals surface area (Å²) >= 11 is 0. The van der Waals surface area contributed by atoms with E-state index in [4.69, 9.17) is 0 Å². The van der Waals surface area contributed by atoms with Crippen molar-refractivity contribution < 1.29 is 9.59 Å². The van der Waals surface area contributed by atoms with Gasteiger partial charge in [-0.3, -0.25) is 9.59 Å². The third-order valence-corrected chi connectivity index (χ3v) is 3.96. The smallest absolute Gasteiger partial charge is 0.247 e. The molecule has 0 saturated heterocycles. The first kappa shape index (κ1) is 18.7. The van der Waals surface area contributed by atoms with Crippen molar-refractivity contribution in [3.05, 3.63) is 71.8 Å². The Balaban J connectivity index is 2.33. The van der Waals surface area contributed by atoms with Crippen LogP contribution in [0.5, 0.6) is 0 Å². The van der Waals surface area contributed by atoms with Crippen LogP contribution in [0.1, 0.15) is 37.9 Å². The van der Waals surface area contributed by atoms with Crippen LogP contribution in [0.15, 0.2) is 60.7 Å². The highest BCUT2D eigenvalue weighted by atomic mass is 16.2. The molecule has 0 aromatic heterocycles. The van der Waals surface area contributed by atoms with Gasteiger partial charge >= 0.3 is 0 Å². The Hall–Kier alpha value is -2.62. The molecule has 0 aliphatic carbocycles. The van der Waals surface area contributed by atoms with Gasteiger partial charge in [-0.05, 0) is 17.0 Å². The molecule has 0 fully saturated rings. The van der Waals surface area contributed by atoms with Gasteiger partial charge in [-0.25, -0.2) is 0 Å². The second-order valence-electron chi connectivity index (χ2n) is 6.58. The van der Waals surface area contributed by atoms with Gasteiger partial charge in [0.15, 0.2) is 0 Å². The highest BCUT2D eigenvalue weighted by molar-refractivity contribution is 5.88. The fourth-order valence-corrected chi connectivity index (χ4v) is 2.67. The van der Waals surface area contributed by atoms with Gasteiger partial charge in [0.2, 0.25) is 11.8 Å². The SMILES string of the molecule is CC(=O)N(Cc1ccccc1)C(C(=O)NCC(C)C)c1ccccc1. The number of hydrogen-bond acceptors (Lipinski definition) is 2. The van der Waals surface area contributed by atoms with Crippen LogP contribution in [0.25, 0.3) is 0 Å². The third kappa shape index (κ3) is 5.45. The number of rotatable bonds is 7. The lowest BCUT2D eigenvalue weighted by molar-refractivity contribution is -0.140. The van der Waals surface area contributed by atoms with E-state index in [1.54, 1.807) is 4.90 Å². The van der Waals surface area contributed by atoms with Crippen molar-refractivity contribution in [1.29, 1.82) is 0 Å². The van der Waals surface area contributed by atoms with E-state index in [1.807, 2.05) is 74.5 Å². The van der Waals surface area contributed by atoms with Crippen LogP contribution in [-0.4, -0.2) is 23.3 Å². The molecule has 0 aliphatic rings. The normalized spacial score (nSPS) is 11.8. The second-order valence-corrected chi connectivity index (χ2v) is 6.58. The Kier molecular flexibility index (Phi) is 6.75. The maximum absolute atomic E-state index is 12.9. The highest BCUT2D eigenvalue weighted by Gasteiger charge is 2.29. The Morgan fingerprint density at radius 1 is 0.960 bits per heavy atom. The topological polar surface area (TPSA) is 49.4 Å². The zero-order valence-electron chi connectivity index (χ0n) is 15.1. The van der Waals surface area contributed by atoms with E-state index >= 15 is 0 Å². The summed E-state index contributed by atoms with van der Waals surface area (Å²) in [7, 11) is 0. The maximum Gasteiger partial charge on any atom is 0.247 e. The summed E-state index contributed by atoms with van der Waals surface area (Å²) in [6.45, 7) is 6.58. The van der Waals surface area contributed by atoms with Crippen LogP contribution >= 0.6 is 0 Å². The largest absolute Gasteiger partial charge is 0.354 e. The van der Waals surface area contributed by atoms with Gasteiger partial charge in [-0.1, -0.05) is 74.5 Å². The lowest BCUT2D eigenvalue weighted by Gasteiger charge is -2.31. The summed E-state index contributed by atoms with van der Waals surface area (Å²) in [6, 6.07) is 18.5. The van der Waals surface area contributed by atoms with Crippen LogP contribution in [0.3, 0.4) is 0 Å². The van der Waals surface area contributed by atoms with Gasteiger partial charge in [0.05, 0.1) is 0 Å². The number of hydrogen-bond donors (Lipinski definition) is 1. The average molecular weight is 338 g/mol. The van der Waals surface area contributed by atoms with Crippen molar-refractivity contribution in [2.75, 3.05) is 6.54 Å². The molecule has 4 heteroatoms. The number of amides is 2. The van der Waals surface area contributed by atoms with E-state index in [2.05, 4.69) is 5.32 Å². The molecule has 1 N–H and O–H groups in total.